The molecule has 2 fully saturated rings. The average molecular weight is 532 g/mol. The summed E-state index contributed by atoms with van der Waals surface area (Å²) in [6.45, 7) is 13.9. The highest BCUT2D eigenvalue weighted by Gasteiger charge is 2.52. The first-order valence-electron chi connectivity index (χ1n) is 14.1. The molecule has 1 saturated carbocycles. The number of hydrogen-bond donors (Lipinski definition) is 1. The molecule has 1 N–H and O–H groups in total. The van der Waals surface area contributed by atoms with E-state index in [-0.39, 0.29) is 17.9 Å². The van der Waals surface area contributed by atoms with Gasteiger partial charge in [-0.05, 0) is 52.0 Å². The van der Waals surface area contributed by atoms with Gasteiger partial charge < -0.3 is 22.9 Å². The minimum atomic E-state index is -0.921. The fourth-order valence-electron chi connectivity index (χ4n) is 5.96. The van der Waals surface area contributed by atoms with Gasteiger partial charge in [0.05, 0.1) is 30.8 Å². The van der Waals surface area contributed by atoms with E-state index in [2.05, 4.69) is 41.5 Å². The number of aliphatic carboxylic acids is 1. The summed E-state index contributed by atoms with van der Waals surface area (Å²) < 4.78 is 40.1. The third-order valence-electron chi connectivity index (χ3n) is 7.96. The molecule has 1 aliphatic carbocycles. The minimum absolute atomic E-state index is 0.0367. The predicted molar refractivity (Wildman–Crippen MR) is 148 cm³/mol. The summed E-state index contributed by atoms with van der Waals surface area (Å²) in [6, 6.07) is 0. The normalized spacial score (nSPS) is 30.9. The Balaban J connectivity index is 2.23. The van der Waals surface area contributed by atoms with Crippen molar-refractivity contribution in [2.45, 2.75) is 123 Å². The fraction of sp³-hybridized carbons (Fsp3) is 0.960. The largest absolute Gasteiger partial charge is 0.481 e. The second kappa shape index (κ2) is 13.8. The first-order valence-corrected chi connectivity index (χ1v) is 14.6. The topological polar surface area (TPSA) is 74.2 Å². The van der Waals surface area contributed by atoms with E-state index in [0.29, 0.717) is 50.0 Å². The highest BCUT2D eigenvalue weighted by Crippen LogP contribution is 2.50. The summed E-state index contributed by atoms with van der Waals surface area (Å²) in [4.78, 5) is 11.3. The lowest BCUT2D eigenvalue weighted by atomic mass is 9.69. The minimum Gasteiger partial charge on any atom is -0.481 e. The molecule has 1 saturated heterocycles. The monoisotopic (exact) mass is 532 g/mol. The van der Waals surface area contributed by atoms with Gasteiger partial charge in [-0.3, -0.25) is 4.79 Å². The SMILES string of the molecule is [3H][B]SO[C@H](CCCC(C[C@@H]1CCO[C@@]2(C[C@H](C)CC[C@H]2C(C)C)O1)(OS[B][3H])C(C)(C)C)CC(=O)O. The lowest BCUT2D eigenvalue weighted by Crippen LogP contribution is -2.57. The molecule has 0 bridgehead atoms. The molecule has 2 radical (unpaired) electrons. The van der Waals surface area contributed by atoms with E-state index in [1.807, 2.05) is 0 Å². The lowest BCUT2D eigenvalue weighted by Gasteiger charge is -2.53. The van der Waals surface area contributed by atoms with Crippen LogP contribution >= 0.6 is 23.8 Å². The van der Waals surface area contributed by atoms with E-state index >= 15 is 0 Å². The Kier molecular flexibility index (Phi) is 11.1. The lowest BCUT2D eigenvalue weighted by molar-refractivity contribution is -0.343. The maximum absolute atomic E-state index is 11.3. The Labute approximate surface area is 226 Å². The molecule has 1 unspecified atom stereocenters. The average Bonchev–Trinajstić information content (AvgIpc) is 2.79. The zero-order valence-electron chi connectivity index (χ0n) is 24.4. The van der Waals surface area contributed by atoms with E-state index in [0.717, 1.165) is 50.1 Å². The van der Waals surface area contributed by atoms with Gasteiger partial charge in [0.25, 0.3) is 0 Å². The highest BCUT2D eigenvalue weighted by atomic mass is 32.2. The van der Waals surface area contributed by atoms with Gasteiger partial charge in [0.15, 0.2) is 5.79 Å². The van der Waals surface area contributed by atoms with Crippen molar-refractivity contribution in [3.05, 3.63) is 0 Å². The van der Waals surface area contributed by atoms with Crippen molar-refractivity contribution in [3.63, 3.8) is 0 Å². The Morgan fingerprint density at radius 1 is 1.26 bits per heavy atom. The number of rotatable bonds is 15. The molecule has 0 aromatic rings. The van der Waals surface area contributed by atoms with Crippen LogP contribution in [0.3, 0.4) is 0 Å². The predicted octanol–water partition coefficient (Wildman–Crippen LogP) is 5.73. The van der Waals surface area contributed by atoms with Crippen molar-refractivity contribution in [1.82, 2.24) is 0 Å². The molecule has 1 aliphatic heterocycles. The highest BCUT2D eigenvalue weighted by molar-refractivity contribution is 8.16. The zero-order chi connectivity index (χ0) is 27.7. The number of hydrogen-bond acceptors (Lipinski definition) is 7. The van der Waals surface area contributed by atoms with Gasteiger partial charge in [-0.15, -0.1) is 0 Å². The van der Waals surface area contributed by atoms with Gasteiger partial charge in [0.1, 0.15) is 0 Å². The summed E-state index contributed by atoms with van der Waals surface area (Å²) in [7, 11) is 2.27. The molecule has 1 spiro atoms. The molecular formula is C25H46B2O6S2. The van der Waals surface area contributed by atoms with Crippen molar-refractivity contribution >= 4 is 43.9 Å². The van der Waals surface area contributed by atoms with E-state index in [1.165, 1.54) is 13.5 Å². The molecule has 1 heterocycles. The van der Waals surface area contributed by atoms with Crippen LogP contribution in [0.5, 0.6) is 0 Å². The molecule has 200 valence electrons. The maximum atomic E-state index is 11.3. The Bertz CT molecular complexity index is 705. The van der Waals surface area contributed by atoms with Crippen LogP contribution in [0.15, 0.2) is 0 Å². The molecule has 6 nitrogen and oxygen atoms in total. The second-order valence-electron chi connectivity index (χ2n) is 11.9. The van der Waals surface area contributed by atoms with Crippen molar-refractivity contribution in [2.24, 2.45) is 23.2 Å². The van der Waals surface area contributed by atoms with E-state index < -0.39 is 23.5 Å². The summed E-state index contributed by atoms with van der Waals surface area (Å²) in [5.74, 6) is -0.107. The first-order chi connectivity index (χ1) is 17.4. The van der Waals surface area contributed by atoms with Crippen LogP contribution in [0.4, 0.5) is 0 Å². The number of carboxylic acids is 1. The molecule has 2 rings (SSSR count). The first kappa shape index (κ1) is 28.2. The van der Waals surface area contributed by atoms with E-state index in [1.54, 1.807) is 0 Å². The van der Waals surface area contributed by atoms with Crippen LogP contribution in [0.2, 0.25) is 0 Å². The Morgan fingerprint density at radius 3 is 2.63 bits per heavy atom. The fourth-order valence-corrected chi connectivity index (χ4v) is 6.87. The maximum Gasteiger partial charge on any atom is 0.306 e. The number of carbonyl (C=O) groups is 1. The van der Waals surface area contributed by atoms with Crippen LogP contribution in [-0.2, 0) is 22.6 Å². The molecule has 10 heteroatoms. The Morgan fingerprint density at radius 2 is 2.00 bits per heavy atom. The standard InChI is InChI=1S/C25H46B2O6S2/c1-17(2)21-10-9-18(3)15-25(21)30-13-11-20(31-25)16-24(33-35-27,23(4,5)6)12-7-8-19(32-34-26)14-22(28)29/h17-21,26-27H,7-16H2,1-6H3,(H,28,29)/t18-,19-,20+,21+,24?,25+/m1/s1/i26T,27T. The molecule has 2 aliphatic rings. The van der Waals surface area contributed by atoms with Crippen LogP contribution in [0, 0.1) is 23.2 Å². The number of ether oxygens (including phenoxy) is 2. The van der Waals surface area contributed by atoms with Gasteiger partial charge in [-0.1, -0.05) is 71.8 Å². The van der Waals surface area contributed by atoms with Crippen LogP contribution in [-0.4, -0.2) is 58.1 Å². The molecule has 6 atom stereocenters. The van der Waals surface area contributed by atoms with Gasteiger partial charge in [-0.2, -0.15) is 0 Å². The molecular weight excluding hydrogens is 482 g/mol. The third kappa shape index (κ3) is 8.57. The third-order valence-corrected chi connectivity index (χ3v) is 8.76. The Hall–Kier alpha value is 0.140. The summed E-state index contributed by atoms with van der Waals surface area (Å²) in [5.41, 5.74) is -0.865. The van der Waals surface area contributed by atoms with Gasteiger partial charge in [-0.25, -0.2) is 0 Å². The summed E-state index contributed by atoms with van der Waals surface area (Å²) >= 11 is 1.90. The quantitative estimate of drug-likeness (QED) is 0.212. The van der Waals surface area contributed by atoms with Gasteiger partial charge >= 0.3 is 5.97 Å². The smallest absolute Gasteiger partial charge is 0.306 e. The van der Waals surface area contributed by atoms with Crippen molar-refractivity contribution in [1.29, 1.82) is 2.67 Å². The van der Waals surface area contributed by atoms with Crippen LogP contribution in [0.1, 0.15) is 99.3 Å². The van der Waals surface area contributed by atoms with Crippen LogP contribution in [0.25, 0.3) is 0 Å². The summed E-state index contributed by atoms with van der Waals surface area (Å²) in [5, 5.41) is 9.28. The van der Waals surface area contributed by atoms with Crippen molar-refractivity contribution < 1.29 is 27.7 Å². The number of carboxylic acid groups (broad SMARTS) is 1. The van der Waals surface area contributed by atoms with Crippen molar-refractivity contribution in [3.8, 4) is 0 Å². The molecule has 35 heavy (non-hydrogen) atoms. The van der Waals surface area contributed by atoms with Crippen LogP contribution < -0.4 is 0 Å². The zero-order valence-corrected chi connectivity index (χ0v) is 24.1. The van der Waals surface area contributed by atoms with Gasteiger partial charge in [0.2, 0.25) is 14.2 Å². The van der Waals surface area contributed by atoms with E-state index in [9.17, 15) is 9.90 Å². The molecule has 0 amide bonds. The molecule has 0 aromatic heterocycles. The second-order valence-corrected chi connectivity index (χ2v) is 12.6. The van der Waals surface area contributed by atoms with Gasteiger partial charge in [0, 0.05) is 18.8 Å². The van der Waals surface area contributed by atoms with Crippen molar-refractivity contribution in [2.75, 3.05) is 6.61 Å². The summed E-state index contributed by atoms with van der Waals surface area (Å²) in [6.07, 6.45) is 5.92. The van der Waals surface area contributed by atoms with E-state index in [4.69, 9.17) is 20.5 Å². The molecule has 0 aromatic carbocycles.